The van der Waals surface area contributed by atoms with E-state index in [0.717, 1.165) is 24.6 Å². The molecule has 3 heteroatoms. The molecule has 1 saturated heterocycles. The quantitative estimate of drug-likeness (QED) is 0.710. The summed E-state index contributed by atoms with van der Waals surface area (Å²) in [5.74, 6) is 0. The van der Waals surface area contributed by atoms with E-state index in [2.05, 4.69) is 23.0 Å². The lowest BCUT2D eigenvalue weighted by Gasteiger charge is -2.18. The van der Waals surface area contributed by atoms with Gasteiger partial charge in [0.1, 0.15) is 0 Å². The predicted octanol–water partition coefficient (Wildman–Crippen LogP) is 2.08. The molecule has 1 aliphatic rings. The van der Waals surface area contributed by atoms with Crippen LogP contribution in [-0.4, -0.2) is 36.1 Å². The third-order valence-electron chi connectivity index (χ3n) is 3.26. The van der Waals surface area contributed by atoms with E-state index in [4.69, 9.17) is 4.74 Å². The summed E-state index contributed by atoms with van der Waals surface area (Å²) >= 11 is 0. The topological polar surface area (TPSA) is 25.4 Å². The molecule has 0 unspecified atom stereocenters. The van der Waals surface area contributed by atoms with Crippen LogP contribution in [0.15, 0.2) is 24.5 Å². The average Bonchev–Trinajstić information content (AvgIpc) is 2.72. The van der Waals surface area contributed by atoms with Gasteiger partial charge in [0.25, 0.3) is 0 Å². The molecule has 0 radical (unpaired) electrons. The lowest BCUT2D eigenvalue weighted by Crippen LogP contribution is -2.26. The Hall–Kier alpha value is -0.930. The molecule has 1 aromatic rings. The zero-order valence-corrected chi connectivity index (χ0v) is 9.93. The van der Waals surface area contributed by atoms with E-state index < -0.39 is 0 Å². The molecule has 1 aromatic heterocycles. The van der Waals surface area contributed by atoms with Gasteiger partial charge in [-0.25, -0.2) is 0 Å². The van der Waals surface area contributed by atoms with E-state index in [1.165, 1.54) is 19.4 Å². The van der Waals surface area contributed by atoms with Gasteiger partial charge in [0.2, 0.25) is 0 Å². The summed E-state index contributed by atoms with van der Waals surface area (Å²) in [7, 11) is 2.21. The van der Waals surface area contributed by atoms with Crippen LogP contribution in [0.5, 0.6) is 0 Å². The van der Waals surface area contributed by atoms with Crippen molar-refractivity contribution in [2.24, 2.45) is 0 Å². The Bertz CT molecular complexity index is 302. The highest BCUT2D eigenvalue weighted by molar-refractivity contribution is 5.06. The van der Waals surface area contributed by atoms with E-state index in [0.29, 0.717) is 6.61 Å². The number of pyridine rings is 1. The predicted molar refractivity (Wildman–Crippen MR) is 64.2 cm³/mol. The van der Waals surface area contributed by atoms with Crippen LogP contribution in [0.3, 0.4) is 0 Å². The number of likely N-dealkylation sites (tertiary alicyclic amines) is 1. The van der Waals surface area contributed by atoms with E-state index in [1.54, 1.807) is 6.20 Å². The van der Waals surface area contributed by atoms with Crippen LogP contribution < -0.4 is 0 Å². The number of hydrogen-bond donors (Lipinski definition) is 0. The van der Waals surface area contributed by atoms with E-state index in [-0.39, 0.29) is 0 Å². The number of rotatable bonds is 5. The maximum atomic E-state index is 5.66. The van der Waals surface area contributed by atoms with Crippen molar-refractivity contribution >= 4 is 0 Å². The summed E-state index contributed by atoms with van der Waals surface area (Å²) in [6.07, 6.45) is 7.46. The second kappa shape index (κ2) is 5.97. The highest BCUT2D eigenvalue weighted by Crippen LogP contribution is 2.17. The van der Waals surface area contributed by atoms with Crippen LogP contribution in [0, 0.1) is 0 Å². The molecule has 0 bridgehead atoms. The van der Waals surface area contributed by atoms with Crippen LogP contribution in [0.25, 0.3) is 0 Å². The standard InChI is InChI=1S/C13H20N2O/c1-15-8-3-5-13(15)6-9-16-11-12-4-2-7-14-10-12/h2,4,7,10,13H,3,5-6,8-9,11H2,1H3/t13-/m1/s1. The van der Waals surface area contributed by atoms with Gasteiger partial charge in [0.05, 0.1) is 6.61 Å². The maximum absolute atomic E-state index is 5.66. The van der Waals surface area contributed by atoms with Crippen molar-refractivity contribution in [1.82, 2.24) is 9.88 Å². The Morgan fingerprint density at radius 3 is 3.19 bits per heavy atom. The molecule has 1 fully saturated rings. The molecule has 0 saturated carbocycles. The van der Waals surface area contributed by atoms with Gasteiger partial charge in [-0.15, -0.1) is 0 Å². The third-order valence-corrected chi connectivity index (χ3v) is 3.26. The first-order valence-corrected chi connectivity index (χ1v) is 6.03. The third kappa shape index (κ3) is 3.29. The van der Waals surface area contributed by atoms with Crippen LogP contribution >= 0.6 is 0 Å². The second-order valence-corrected chi connectivity index (χ2v) is 4.48. The number of hydrogen-bond acceptors (Lipinski definition) is 3. The van der Waals surface area contributed by atoms with Crippen LogP contribution in [0.4, 0.5) is 0 Å². The van der Waals surface area contributed by atoms with Gasteiger partial charge in [-0.05, 0) is 44.5 Å². The van der Waals surface area contributed by atoms with Crippen molar-refractivity contribution in [2.45, 2.75) is 31.9 Å². The van der Waals surface area contributed by atoms with Crippen LogP contribution in [-0.2, 0) is 11.3 Å². The first-order valence-electron chi connectivity index (χ1n) is 6.03. The lowest BCUT2D eigenvalue weighted by molar-refractivity contribution is 0.101. The lowest BCUT2D eigenvalue weighted by atomic mass is 10.1. The van der Waals surface area contributed by atoms with E-state index in [9.17, 15) is 0 Å². The van der Waals surface area contributed by atoms with Crippen molar-refractivity contribution < 1.29 is 4.74 Å². The molecular weight excluding hydrogens is 200 g/mol. The van der Waals surface area contributed by atoms with E-state index >= 15 is 0 Å². The summed E-state index contributed by atoms with van der Waals surface area (Å²) in [5.41, 5.74) is 1.15. The minimum atomic E-state index is 0.685. The van der Waals surface area contributed by atoms with Gasteiger partial charge in [-0.1, -0.05) is 6.07 Å². The fourth-order valence-electron chi connectivity index (χ4n) is 2.24. The Morgan fingerprint density at radius 2 is 2.50 bits per heavy atom. The molecule has 0 spiro atoms. The number of nitrogens with zero attached hydrogens (tertiary/aromatic N) is 2. The summed E-state index contributed by atoms with van der Waals surface area (Å²) in [4.78, 5) is 6.50. The fourth-order valence-corrected chi connectivity index (χ4v) is 2.24. The molecule has 3 nitrogen and oxygen atoms in total. The molecule has 2 heterocycles. The summed E-state index contributed by atoms with van der Waals surface area (Å²) < 4.78 is 5.66. The first-order chi connectivity index (χ1) is 7.86. The maximum Gasteiger partial charge on any atom is 0.0731 e. The minimum Gasteiger partial charge on any atom is -0.377 e. The SMILES string of the molecule is CN1CCC[C@@H]1CCOCc1cccnc1. The zero-order valence-electron chi connectivity index (χ0n) is 9.93. The van der Waals surface area contributed by atoms with Gasteiger partial charge < -0.3 is 9.64 Å². The molecule has 16 heavy (non-hydrogen) atoms. The van der Waals surface area contributed by atoms with Gasteiger partial charge in [-0.3, -0.25) is 4.98 Å². The van der Waals surface area contributed by atoms with Gasteiger partial charge in [0.15, 0.2) is 0 Å². The van der Waals surface area contributed by atoms with Crippen molar-refractivity contribution in [3.63, 3.8) is 0 Å². The van der Waals surface area contributed by atoms with Gasteiger partial charge >= 0.3 is 0 Å². The molecule has 1 aliphatic heterocycles. The number of aromatic nitrogens is 1. The van der Waals surface area contributed by atoms with Crippen molar-refractivity contribution in [1.29, 1.82) is 0 Å². The molecule has 0 aromatic carbocycles. The number of ether oxygens (including phenoxy) is 1. The monoisotopic (exact) mass is 220 g/mol. The fraction of sp³-hybridized carbons (Fsp3) is 0.615. The summed E-state index contributed by atoms with van der Waals surface area (Å²) in [5, 5.41) is 0. The van der Waals surface area contributed by atoms with Gasteiger partial charge in [0, 0.05) is 25.0 Å². The Morgan fingerprint density at radius 1 is 1.56 bits per heavy atom. The molecule has 1 atom stereocenters. The Labute approximate surface area is 97.4 Å². The molecule has 0 amide bonds. The summed E-state index contributed by atoms with van der Waals surface area (Å²) in [6.45, 7) is 2.78. The van der Waals surface area contributed by atoms with E-state index in [1.807, 2.05) is 12.3 Å². The molecule has 0 aliphatic carbocycles. The zero-order chi connectivity index (χ0) is 11.2. The highest BCUT2D eigenvalue weighted by atomic mass is 16.5. The van der Waals surface area contributed by atoms with Gasteiger partial charge in [-0.2, -0.15) is 0 Å². The molecule has 0 N–H and O–H groups in total. The molecule has 88 valence electrons. The van der Waals surface area contributed by atoms with Crippen molar-refractivity contribution in [2.75, 3.05) is 20.2 Å². The smallest absolute Gasteiger partial charge is 0.0731 e. The van der Waals surface area contributed by atoms with Crippen molar-refractivity contribution in [3.05, 3.63) is 30.1 Å². The van der Waals surface area contributed by atoms with Crippen LogP contribution in [0.2, 0.25) is 0 Å². The molecule has 2 rings (SSSR count). The van der Waals surface area contributed by atoms with Crippen molar-refractivity contribution in [3.8, 4) is 0 Å². The normalized spacial score (nSPS) is 21.4. The average molecular weight is 220 g/mol. The largest absolute Gasteiger partial charge is 0.377 e. The summed E-state index contributed by atoms with van der Waals surface area (Å²) in [6, 6.07) is 4.73. The second-order valence-electron chi connectivity index (χ2n) is 4.48. The Balaban J connectivity index is 1.62. The highest BCUT2D eigenvalue weighted by Gasteiger charge is 2.19. The molecular formula is C13H20N2O. The Kier molecular flexibility index (Phi) is 4.31. The van der Waals surface area contributed by atoms with Crippen LogP contribution in [0.1, 0.15) is 24.8 Å². The minimum absolute atomic E-state index is 0.685. The first kappa shape index (κ1) is 11.6.